The molecule has 0 saturated carbocycles. The van der Waals surface area contributed by atoms with Gasteiger partial charge in [0.2, 0.25) is 5.91 Å². The monoisotopic (exact) mass is 449 g/mol. The lowest BCUT2D eigenvalue weighted by atomic mass is 10.1. The summed E-state index contributed by atoms with van der Waals surface area (Å²) < 4.78 is 6.38. The Kier molecular flexibility index (Phi) is 6.05. The van der Waals surface area contributed by atoms with E-state index < -0.39 is 5.97 Å². The van der Waals surface area contributed by atoms with Gasteiger partial charge in [-0.3, -0.25) is 14.2 Å². The third kappa shape index (κ3) is 3.78. The first kappa shape index (κ1) is 21.7. The summed E-state index contributed by atoms with van der Waals surface area (Å²) in [6.45, 7) is 5.89. The average Bonchev–Trinajstić information content (AvgIpc) is 3.14. The molecule has 164 valence electrons. The molecule has 2 aromatic carbocycles. The summed E-state index contributed by atoms with van der Waals surface area (Å²) >= 11 is 1.13. The van der Waals surface area contributed by atoms with Crippen LogP contribution in [0.15, 0.2) is 53.6 Å². The zero-order valence-electron chi connectivity index (χ0n) is 18.1. The molecule has 0 aliphatic carbocycles. The van der Waals surface area contributed by atoms with Gasteiger partial charge in [0.05, 0.1) is 24.0 Å². The second kappa shape index (κ2) is 8.92. The zero-order chi connectivity index (χ0) is 22.8. The number of benzene rings is 2. The number of aryl methyl sites for hydroxylation is 1. The Morgan fingerprint density at radius 1 is 1.12 bits per heavy atom. The van der Waals surface area contributed by atoms with E-state index in [4.69, 9.17) is 4.74 Å². The molecule has 0 aliphatic heterocycles. The van der Waals surface area contributed by atoms with Crippen molar-refractivity contribution in [2.75, 3.05) is 18.1 Å². The summed E-state index contributed by atoms with van der Waals surface area (Å²) in [6, 6.07) is 13.7. The number of aromatic nitrogens is 2. The predicted octanol–water partition coefficient (Wildman–Crippen LogP) is 4.15. The number of rotatable bonds is 6. The molecule has 0 fully saturated rings. The Hall–Kier alpha value is -3.52. The van der Waals surface area contributed by atoms with Crippen molar-refractivity contribution in [3.63, 3.8) is 0 Å². The van der Waals surface area contributed by atoms with Crippen molar-refractivity contribution >= 4 is 49.9 Å². The van der Waals surface area contributed by atoms with Crippen molar-refractivity contribution in [2.45, 2.75) is 27.3 Å². The van der Waals surface area contributed by atoms with E-state index in [0.29, 0.717) is 27.2 Å². The molecule has 1 amide bonds. The minimum Gasteiger partial charge on any atom is -0.462 e. The highest BCUT2D eigenvalue weighted by Crippen LogP contribution is 2.28. The molecule has 0 radical (unpaired) electrons. The Morgan fingerprint density at radius 3 is 2.62 bits per heavy atom. The maximum absolute atomic E-state index is 13.2. The molecule has 4 aromatic rings. The Morgan fingerprint density at radius 2 is 1.88 bits per heavy atom. The lowest BCUT2D eigenvalue weighted by molar-refractivity contribution is -0.119. The topological polar surface area (TPSA) is 81.5 Å². The number of amides is 1. The average molecular weight is 450 g/mol. The number of esters is 1. The predicted molar refractivity (Wildman–Crippen MR) is 127 cm³/mol. The molecule has 0 unspecified atom stereocenters. The van der Waals surface area contributed by atoms with E-state index in [1.165, 1.54) is 10.9 Å². The van der Waals surface area contributed by atoms with Gasteiger partial charge in [0.25, 0.3) is 5.56 Å². The Labute approximate surface area is 188 Å². The van der Waals surface area contributed by atoms with Crippen molar-refractivity contribution in [1.82, 2.24) is 9.55 Å². The van der Waals surface area contributed by atoms with Gasteiger partial charge >= 0.3 is 5.97 Å². The summed E-state index contributed by atoms with van der Waals surface area (Å²) in [7, 11) is 0. The summed E-state index contributed by atoms with van der Waals surface area (Å²) in [4.78, 5) is 45.4. The number of carbonyl (C=O) groups excluding carboxylic acids is 2. The molecule has 0 bridgehead atoms. The standard InChI is InChI=1S/C24H23N3O4S/c1-4-27(18-12-8-10-16-9-6-7-11-17(16)18)19(28)13-26-14-25-22-20(23(26)29)15(3)21(32-22)24(30)31-5-2/h6-12,14H,4-5,13H2,1-3H3. The lowest BCUT2D eigenvalue weighted by Gasteiger charge is -2.23. The SMILES string of the molecule is CCOC(=O)c1sc2ncn(CC(=O)N(CC)c3cccc4ccccc34)c(=O)c2c1C. The van der Waals surface area contributed by atoms with Crippen LogP contribution in [-0.2, 0) is 16.1 Å². The van der Waals surface area contributed by atoms with E-state index in [2.05, 4.69) is 4.98 Å². The molecule has 2 heterocycles. The van der Waals surface area contributed by atoms with Gasteiger partial charge in [-0.05, 0) is 37.8 Å². The highest BCUT2D eigenvalue weighted by Gasteiger charge is 2.22. The fraction of sp³-hybridized carbons (Fsp3) is 0.250. The van der Waals surface area contributed by atoms with E-state index >= 15 is 0 Å². The van der Waals surface area contributed by atoms with Crippen LogP contribution in [-0.4, -0.2) is 34.6 Å². The Balaban J connectivity index is 1.70. The molecule has 0 atom stereocenters. The number of anilines is 1. The van der Waals surface area contributed by atoms with Crippen molar-refractivity contribution in [1.29, 1.82) is 0 Å². The molecule has 0 N–H and O–H groups in total. The van der Waals surface area contributed by atoms with Gasteiger partial charge in [0.15, 0.2) is 0 Å². The summed E-state index contributed by atoms with van der Waals surface area (Å²) in [5, 5.41) is 2.36. The largest absolute Gasteiger partial charge is 0.462 e. The maximum atomic E-state index is 13.2. The van der Waals surface area contributed by atoms with Gasteiger partial charge in [0, 0.05) is 11.9 Å². The minimum absolute atomic E-state index is 0.150. The van der Waals surface area contributed by atoms with E-state index in [9.17, 15) is 14.4 Å². The first-order valence-corrected chi connectivity index (χ1v) is 11.2. The quantitative estimate of drug-likeness (QED) is 0.413. The van der Waals surface area contributed by atoms with E-state index in [0.717, 1.165) is 27.8 Å². The van der Waals surface area contributed by atoms with Gasteiger partial charge in [-0.2, -0.15) is 0 Å². The van der Waals surface area contributed by atoms with Gasteiger partial charge < -0.3 is 9.64 Å². The van der Waals surface area contributed by atoms with Gasteiger partial charge in [0.1, 0.15) is 16.3 Å². The molecular weight excluding hydrogens is 426 g/mol. The van der Waals surface area contributed by atoms with Crippen LogP contribution < -0.4 is 10.5 Å². The van der Waals surface area contributed by atoms with Crippen LogP contribution in [0.4, 0.5) is 5.69 Å². The number of carbonyl (C=O) groups is 2. The number of ether oxygens (including phenoxy) is 1. The molecule has 0 saturated heterocycles. The second-order valence-corrected chi connectivity index (χ2v) is 8.27. The Bertz CT molecular complexity index is 1380. The third-order valence-corrected chi connectivity index (χ3v) is 6.54. The smallest absolute Gasteiger partial charge is 0.348 e. The lowest BCUT2D eigenvalue weighted by Crippen LogP contribution is -2.36. The molecule has 32 heavy (non-hydrogen) atoms. The highest BCUT2D eigenvalue weighted by molar-refractivity contribution is 7.20. The molecule has 4 rings (SSSR count). The first-order chi connectivity index (χ1) is 15.5. The number of thiophene rings is 1. The van der Waals surface area contributed by atoms with Gasteiger partial charge in [-0.1, -0.05) is 36.4 Å². The molecule has 2 aromatic heterocycles. The number of fused-ring (bicyclic) bond motifs is 2. The third-order valence-electron chi connectivity index (χ3n) is 5.36. The van der Waals surface area contributed by atoms with Crippen LogP contribution in [0.25, 0.3) is 21.0 Å². The number of hydrogen-bond acceptors (Lipinski definition) is 6. The van der Waals surface area contributed by atoms with Crippen molar-refractivity contribution in [3.8, 4) is 0 Å². The maximum Gasteiger partial charge on any atom is 0.348 e. The number of nitrogens with zero attached hydrogens (tertiary/aromatic N) is 3. The first-order valence-electron chi connectivity index (χ1n) is 10.4. The molecular formula is C24H23N3O4S. The van der Waals surface area contributed by atoms with Crippen LogP contribution in [0.5, 0.6) is 0 Å². The zero-order valence-corrected chi connectivity index (χ0v) is 18.9. The van der Waals surface area contributed by atoms with Crippen LogP contribution in [0.3, 0.4) is 0 Å². The fourth-order valence-corrected chi connectivity index (χ4v) is 4.85. The normalized spacial score (nSPS) is 11.1. The number of likely N-dealkylation sites (N-methyl/N-ethyl adjacent to an activating group) is 1. The van der Waals surface area contributed by atoms with Crippen LogP contribution in [0.2, 0.25) is 0 Å². The summed E-state index contributed by atoms with van der Waals surface area (Å²) in [5.74, 6) is -0.686. The molecule has 8 heteroatoms. The minimum atomic E-state index is -0.469. The fourth-order valence-electron chi connectivity index (χ4n) is 3.82. The van der Waals surface area contributed by atoms with Gasteiger partial charge in [-0.15, -0.1) is 11.3 Å². The van der Waals surface area contributed by atoms with Crippen molar-refractivity contribution in [3.05, 3.63) is 69.6 Å². The van der Waals surface area contributed by atoms with E-state index in [1.54, 1.807) is 18.7 Å². The molecule has 0 spiro atoms. The molecule has 7 nitrogen and oxygen atoms in total. The summed E-state index contributed by atoms with van der Waals surface area (Å²) in [6.07, 6.45) is 1.37. The van der Waals surface area contributed by atoms with E-state index in [1.807, 2.05) is 49.4 Å². The summed E-state index contributed by atoms with van der Waals surface area (Å²) in [5.41, 5.74) is 0.986. The second-order valence-electron chi connectivity index (χ2n) is 7.27. The van der Waals surface area contributed by atoms with Crippen LogP contribution in [0, 0.1) is 6.92 Å². The molecule has 0 aliphatic rings. The van der Waals surface area contributed by atoms with Gasteiger partial charge in [-0.25, -0.2) is 9.78 Å². The van der Waals surface area contributed by atoms with E-state index in [-0.39, 0.29) is 24.6 Å². The van der Waals surface area contributed by atoms with Crippen LogP contribution in [0.1, 0.15) is 29.1 Å². The van der Waals surface area contributed by atoms with Crippen molar-refractivity contribution < 1.29 is 14.3 Å². The van der Waals surface area contributed by atoms with Crippen molar-refractivity contribution in [2.24, 2.45) is 0 Å². The highest BCUT2D eigenvalue weighted by atomic mass is 32.1. The van der Waals surface area contributed by atoms with Crippen LogP contribution >= 0.6 is 11.3 Å². The number of hydrogen-bond donors (Lipinski definition) is 0.